The van der Waals surface area contributed by atoms with E-state index >= 15 is 0 Å². The number of aliphatic carboxylic acids is 1. The molecule has 0 amide bonds. The van der Waals surface area contributed by atoms with Crippen LogP contribution >= 0.6 is 11.6 Å². The highest BCUT2D eigenvalue weighted by Crippen LogP contribution is 2.17. The number of nitrogens with zero attached hydrogens (tertiary/aromatic N) is 2. The Morgan fingerprint density at radius 2 is 1.95 bits per heavy atom. The zero-order valence-electron chi connectivity index (χ0n) is 11.2. The zero-order valence-corrected chi connectivity index (χ0v) is 11.9. The molecule has 0 unspecified atom stereocenters. The fourth-order valence-corrected chi connectivity index (χ4v) is 2.58. The van der Waals surface area contributed by atoms with E-state index in [4.69, 9.17) is 16.7 Å². The van der Waals surface area contributed by atoms with E-state index in [1.165, 1.54) is 6.07 Å². The Morgan fingerprint density at radius 1 is 1.25 bits per heavy atom. The van der Waals surface area contributed by atoms with Gasteiger partial charge in [-0.25, -0.2) is 4.39 Å². The van der Waals surface area contributed by atoms with Gasteiger partial charge in [0.25, 0.3) is 0 Å². The number of hydrogen-bond donors (Lipinski definition) is 1. The van der Waals surface area contributed by atoms with Crippen molar-refractivity contribution < 1.29 is 14.3 Å². The van der Waals surface area contributed by atoms with Crippen LogP contribution in [0.3, 0.4) is 0 Å². The van der Waals surface area contributed by atoms with E-state index in [0.717, 1.165) is 26.1 Å². The second-order valence-corrected chi connectivity index (χ2v) is 5.47. The molecule has 0 atom stereocenters. The molecule has 0 saturated carbocycles. The Bertz CT molecular complexity index is 484. The summed E-state index contributed by atoms with van der Waals surface area (Å²) in [6, 6.07) is 4.72. The lowest BCUT2D eigenvalue weighted by Gasteiger charge is -2.21. The monoisotopic (exact) mass is 300 g/mol. The van der Waals surface area contributed by atoms with Crippen LogP contribution < -0.4 is 0 Å². The van der Waals surface area contributed by atoms with Gasteiger partial charge in [0.15, 0.2) is 0 Å². The summed E-state index contributed by atoms with van der Waals surface area (Å²) in [6.07, 6.45) is 0.891. The third kappa shape index (κ3) is 4.44. The molecule has 1 aliphatic rings. The number of carboxylic acid groups (broad SMARTS) is 1. The molecule has 0 spiro atoms. The molecule has 1 heterocycles. The summed E-state index contributed by atoms with van der Waals surface area (Å²) < 4.78 is 13.8. The van der Waals surface area contributed by atoms with E-state index in [9.17, 15) is 9.18 Å². The maximum atomic E-state index is 13.8. The number of carboxylic acids is 1. The van der Waals surface area contributed by atoms with Crippen LogP contribution in [-0.2, 0) is 11.3 Å². The largest absolute Gasteiger partial charge is 0.480 e. The van der Waals surface area contributed by atoms with Crippen LogP contribution in [0.1, 0.15) is 12.0 Å². The third-order valence-electron chi connectivity index (χ3n) is 3.45. The SMILES string of the molecule is O=C(O)CN1CCCN(Cc2ccc(Cl)cc2F)CC1. The predicted octanol–water partition coefficient (Wildman–Crippen LogP) is 2.07. The highest BCUT2D eigenvalue weighted by molar-refractivity contribution is 6.30. The number of carbonyl (C=O) groups is 1. The Labute approximate surface area is 122 Å². The lowest BCUT2D eigenvalue weighted by atomic mass is 10.2. The molecule has 1 aromatic carbocycles. The lowest BCUT2D eigenvalue weighted by Crippen LogP contribution is -2.34. The lowest BCUT2D eigenvalue weighted by molar-refractivity contribution is -0.138. The first kappa shape index (κ1) is 15.2. The topological polar surface area (TPSA) is 43.8 Å². The molecule has 1 aromatic rings. The van der Waals surface area contributed by atoms with Gasteiger partial charge in [-0.05, 0) is 25.1 Å². The van der Waals surface area contributed by atoms with E-state index in [1.807, 2.05) is 4.90 Å². The van der Waals surface area contributed by atoms with Crippen LogP contribution in [0.2, 0.25) is 5.02 Å². The van der Waals surface area contributed by atoms with Crippen molar-refractivity contribution in [3.63, 3.8) is 0 Å². The number of hydrogen-bond acceptors (Lipinski definition) is 3. The highest BCUT2D eigenvalue weighted by atomic mass is 35.5. The fourth-order valence-electron chi connectivity index (χ4n) is 2.42. The van der Waals surface area contributed by atoms with Gasteiger partial charge in [-0.15, -0.1) is 0 Å². The molecule has 0 radical (unpaired) electrons. The van der Waals surface area contributed by atoms with Crippen LogP contribution in [0.4, 0.5) is 4.39 Å². The molecule has 1 N–H and O–H groups in total. The molecule has 0 aliphatic carbocycles. The summed E-state index contributed by atoms with van der Waals surface area (Å²) in [5, 5.41) is 9.20. The average molecular weight is 301 g/mol. The van der Waals surface area contributed by atoms with Gasteiger partial charge in [-0.1, -0.05) is 17.7 Å². The Hall–Kier alpha value is -1.17. The molecular formula is C14H18ClFN2O2. The summed E-state index contributed by atoms with van der Waals surface area (Å²) in [4.78, 5) is 14.8. The summed E-state index contributed by atoms with van der Waals surface area (Å²) >= 11 is 5.74. The number of benzene rings is 1. The molecular weight excluding hydrogens is 283 g/mol. The summed E-state index contributed by atoms with van der Waals surface area (Å²) in [7, 11) is 0. The van der Waals surface area contributed by atoms with Crippen molar-refractivity contribution in [2.75, 3.05) is 32.7 Å². The predicted molar refractivity (Wildman–Crippen MR) is 75.4 cm³/mol. The maximum Gasteiger partial charge on any atom is 0.317 e. The normalized spacial score (nSPS) is 17.9. The zero-order chi connectivity index (χ0) is 14.5. The molecule has 1 saturated heterocycles. The fraction of sp³-hybridized carbons (Fsp3) is 0.500. The van der Waals surface area contributed by atoms with Gasteiger partial charge in [-0.2, -0.15) is 0 Å². The quantitative estimate of drug-likeness (QED) is 0.924. The first-order valence-corrected chi connectivity index (χ1v) is 7.03. The highest BCUT2D eigenvalue weighted by Gasteiger charge is 2.17. The van der Waals surface area contributed by atoms with Crippen molar-refractivity contribution in [1.82, 2.24) is 9.80 Å². The van der Waals surface area contributed by atoms with Crippen LogP contribution in [0.5, 0.6) is 0 Å². The molecule has 1 aliphatic heterocycles. The third-order valence-corrected chi connectivity index (χ3v) is 3.68. The molecule has 0 bridgehead atoms. The second kappa shape index (κ2) is 7.02. The van der Waals surface area contributed by atoms with E-state index in [0.29, 0.717) is 23.7 Å². The first-order chi connectivity index (χ1) is 9.54. The molecule has 6 heteroatoms. The van der Waals surface area contributed by atoms with Crippen LogP contribution in [-0.4, -0.2) is 53.6 Å². The summed E-state index contributed by atoms with van der Waals surface area (Å²) in [6.45, 7) is 3.66. The maximum absolute atomic E-state index is 13.8. The molecule has 2 rings (SSSR count). The minimum Gasteiger partial charge on any atom is -0.480 e. The molecule has 110 valence electrons. The minimum absolute atomic E-state index is 0.0726. The smallest absolute Gasteiger partial charge is 0.317 e. The van der Waals surface area contributed by atoms with Crippen LogP contribution in [0.25, 0.3) is 0 Å². The Kier molecular flexibility index (Phi) is 5.34. The van der Waals surface area contributed by atoms with Gasteiger partial charge < -0.3 is 5.11 Å². The van der Waals surface area contributed by atoms with Crippen LogP contribution in [0.15, 0.2) is 18.2 Å². The van der Waals surface area contributed by atoms with Crippen molar-refractivity contribution in [1.29, 1.82) is 0 Å². The first-order valence-electron chi connectivity index (χ1n) is 6.65. The number of rotatable bonds is 4. The van der Waals surface area contributed by atoms with Gasteiger partial charge in [-0.3, -0.25) is 14.6 Å². The van der Waals surface area contributed by atoms with Gasteiger partial charge >= 0.3 is 5.97 Å². The molecule has 1 fully saturated rings. The van der Waals surface area contributed by atoms with Gasteiger partial charge in [0.1, 0.15) is 5.82 Å². The van der Waals surface area contributed by atoms with Crippen molar-refractivity contribution in [3.8, 4) is 0 Å². The summed E-state index contributed by atoms with van der Waals surface area (Å²) in [5.41, 5.74) is 0.626. The van der Waals surface area contributed by atoms with E-state index in [-0.39, 0.29) is 12.4 Å². The Morgan fingerprint density at radius 3 is 2.65 bits per heavy atom. The van der Waals surface area contributed by atoms with Crippen molar-refractivity contribution >= 4 is 17.6 Å². The second-order valence-electron chi connectivity index (χ2n) is 5.04. The van der Waals surface area contributed by atoms with E-state index < -0.39 is 5.97 Å². The van der Waals surface area contributed by atoms with Gasteiger partial charge in [0.2, 0.25) is 0 Å². The average Bonchev–Trinajstić information content (AvgIpc) is 2.58. The minimum atomic E-state index is -0.804. The summed E-state index contributed by atoms with van der Waals surface area (Å²) in [5.74, 6) is -1.09. The van der Waals surface area contributed by atoms with Gasteiger partial charge in [0, 0.05) is 36.8 Å². The van der Waals surface area contributed by atoms with Gasteiger partial charge in [0.05, 0.1) is 6.54 Å². The van der Waals surface area contributed by atoms with E-state index in [2.05, 4.69) is 4.90 Å². The van der Waals surface area contributed by atoms with Crippen molar-refractivity contribution in [2.45, 2.75) is 13.0 Å². The number of halogens is 2. The molecule has 20 heavy (non-hydrogen) atoms. The van der Waals surface area contributed by atoms with Crippen molar-refractivity contribution in [2.24, 2.45) is 0 Å². The molecule has 0 aromatic heterocycles. The van der Waals surface area contributed by atoms with Crippen molar-refractivity contribution in [3.05, 3.63) is 34.6 Å². The Balaban J connectivity index is 1.92. The van der Waals surface area contributed by atoms with E-state index in [1.54, 1.807) is 12.1 Å². The molecule has 4 nitrogen and oxygen atoms in total. The standard InChI is InChI=1S/C14H18ClFN2O2/c15-12-3-2-11(13(16)8-12)9-17-4-1-5-18(7-6-17)10-14(19)20/h2-3,8H,1,4-7,9-10H2,(H,19,20). The van der Waals surface area contributed by atoms with Crippen LogP contribution in [0, 0.1) is 5.82 Å².